The lowest BCUT2D eigenvalue weighted by atomic mass is 9.88. The zero-order valence-corrected chi connectivity index (χ0v) is 17.0. The minimum Gasteiger partial charge on any atom is -0.273 e. The quantitative estimate of drug-likeness (QED) is 0.578. The molecule has 3 aromatic carbocycles. The summed E-state index contributed by atoms with van der Waals surface area (Å²) in [6, 6.07) is 23.7. The van der Waals surface area contributed by atoms with E-state index < -0.39 is 18.1 Å². The highest BCUT2D eigenvalue weighted by Crippen LogP contribution is 2.48. The lowest BCUT2D eigenvalue weighted by molar-refractivity contribution is -0.126. The van der Waals surface area contributed by atoms with Crippen molar-refractivity contribution in [2.75, 3.05) is 9.96 Å². The van der Waals surface area contributed by atoms with Crippen LogP contribution in [0.1, 0.15) is 17.2 Å². The second-order valence-electron chi connectivity index (χ2n) is 7.50. The topological polar surface area (TPSA) is 49.9 Å². The largest absolute Gasteiger partial charge is 0.273 e. The summed E-state index contributed by atoms with van der Waals surface area (Å²) in [5.41, 5.74) is 3.31. The van der Waals surface area contributed by atoms with Gasteiger partial charge in [0.05, 0.1) is 17.4 Å². The van der Waals surface area contributed by atoms with Gasteiger partial charge in [-0.2, -0.15) is 0 Å². The number of nitrogens with zero attached hydrogens (tertiary/aromatic N) is 2. The summed E-state index contributed by atoms with van der Waals surface area (Å²) in [6.07, 6.45) is -0.877. The average molecular weight is 419 g/mol. The molecule has 150 valence electrons. The van der Waals surface area contributed by atoms with Gasteiger partial charge in [-0.15, -0.1) is 0 Å². The fourth-order valence-electron chi connectivity index (χ4n) is 4.29. The standard InChI is InChI=1S/C24H19ClN2O3/c1-15-7-5-6-10-19(15)21-20-22(30-27(21)18-8-3-2-4-9-18)24(29)26(23(20)28)17-13-11-16(25)12-14-17/h2-14,20-22H,1H3/t20-,21-,22+/m1/s1. The SMILES string of the molecule is Cc1ccccc1[C@@H]1[C@H]2C(=O)N(c3ccc(Cl)cc3)C(=O)[C@H]2ON1c1ccccc1. The Kier molecular flexibility index (Phi) is 4.57. The van der Waals surface area contributed by atoms with Crippen LogP contribution in [-0.2, 0) is 14.4 Å². The van der Waals surface area contributed by atoms with E-state index in [1.807, 2.05) is 61.5 Å². The van der Waals surface area contributed by atoms with Crippen molar-refractivity contribution < 1.29 is 14.4 Å². The third-order valence-corrected chi connectivity index (χ3v) is 5.97. The van der Waals surface area contributed by atoms with Gasteiger partial charge < -0.3 is 0 Å². The van der Waals surface area contributed by atoms with E-state index in [4.69, 9.17) is 16.4 Å². The van der Waals surface area contributed by atoms with Crippen molar-refractivity contribution in [3.63, 3.8) is 0 Å². The molecule has 2 aliphatic rings. The molecule has 5 nitrogen and oxygen atoms in total. The van der Waals surface area contributed by atoms with Crippen LogP contribution in [0.15, 0.2) is 78.9 Å². The van der Waals surface area contributed by atoms with Crippen molar-refractivity contribution in [2.45, 2.75) is 19.1 Å². The second kappa shape index (κ2) is 7.27. The minimum atomic E-state index is -0.877. The number of hydrogen-bond donors (Lipinski definition) is 0. The molecule has 0 saturated carbocycles. The van der Waals surface area contributed by atoms with E-state index in [1.165, 1.54) is 4.90 Å². The summed E-state index contributed by atoms with van der Waals surface area (Å²) in [6.45, 7) is 2.00. The first kappa shape index (κ1) is 18.9. The summed E-state index contributed by atoms with van der Waals surface area (Å²) in [5.74, 6) is -1.27. The van der Waals surface area contributed by atoms with Gasteiger partial charge in [-0.3, -0.25) is 14.4 Å². The number of imide groups is 1. The van der Waals surface area contributed by atoms with Crippen LogP contribution < -0.4 is 9.96 Å². The van der Waals surface area contributed by atoms with Crippen molar-refractivity contribution in [1.29, 1.82) is 0 Å². The molecule has 3 atom stereocenters. The summed E-state index contributed by atoms with van der Waals surface area (Å²) >= 11 is 5.97. The van der Waals surface area contributed by atoms with E-state index in [0.29, 0.717) is 10.7 Å². The number of rotatable bonds is 3. The van der Waals surface area contributed by atoms with Crippen LogP contribution in [0, 0.1) is 12.8 Å². The molecule has 2 heterocycles. The van der Waals surface area contributed by atoms with Gasteiger partial charge in [-0.1, -0.05) is 54.1 Å². The van der Waals surface area contributed by atoms with E-state index in [1.54, 1.807) is 29.3 Å². The highest BCUT2D eigenvalue weighted by Gasteiger charge is 2.60. The molecule has 2 amide bonds. The number of carbonyl (C=O) groups is 2. The maximum absolute atomic E-state index is 13.5. The third kappa shape index (κ3) is 2.90. The number of halogens is 1. The molecule has 30 heavy (non-hydrogen) atoms. The molecule has 6 heteroatoms. The fraction of sp³-hybridized carbons (Fsp3) is 0.167. The van der Waals surface area contributed by atoms with Crippen molar-refractivity contribution in [1.82, 2.24) is 0 Å². The van der Waals surface area contributed by atoms with Gasteiger partial charge in [-0.25, -0.2) is 9.96 Å². The zero-order chi connectivity index (χ0) is 20.8. The Bertz CT molecular complexity index is 1120. The Hall–Kier alpha value is -3.15. The van der Waals surface area contributed by atoms with Crippen molar-refractivity contribution >= 4 is 34.8 Å². The van der Waals surface area contributed by atoms with E-state index in [2.05, 4.69) is 0 Å². The Morgan fingerprint density at radius 1 is 0.800 bits per heavy atom. The molecule has 0 radical (unpaired) electrons. The van der Waals surface area contributed by atoms with Gasteiger partial charge in [0.2, 0.25) is 5.91 Å². The molecular formula is C24H19ClN2O3. The van der Waals surface area contributed by atoms with Crippen LogP contribution in [0.3, 0.4) is 0 Å². The van der Waals surface area contributed by atoms with E-state index >= 15 is 0 Å². The number of hydrogen-bond acceptors (Lipinski definition) is 4. The Balaban J connectivity index is 1.60. The number of fused-ring (bicyclic) bond motifs is 1. The third-order valence-electron chi connectivity index (χ3n) is 5.72. The highest BCUT2D eigenvalue weighted by molar-refractivity contribution is 6.31. The van der Waals surface area contributed by atoms with Gasteiger partial charge in [-0.05, 0) is 54.4 Å². The molecule has 2 aliphatic heterocycles. The molecular weight excluding hydrogens is 400 g/mol. The average Bonchev–Trinajstić information content (AvgIpc) is 3.26. The predicted octanol–water partition coefficient (Wildman–Crippen LogP) is 4.70. The monoisotopic (exact) mass is 418 g/mol. The van der Waals surface area contributed by atoms with Crippen LogP contribution in [0.4, 0.5) is 11.4 Å². The van der Waals surface area contributed by atoms with E-state index in [-0.39, 0.29) is 11.8 Å². The number of hydroxylamine groups is 1. The molecule has 0 N–H and O–H groups in total. The molecule has 2 saturated heterocycles. The van der Waals surface area contributed by atoms with Crippen molar-refractivity contribution in [3.8, 4) is 0 Å². The Morgan fingerprint density at radius 3 is 2.17 bits per heavy atom. The number of aryl methyl sites for hydroxylation is 1. The fourth-order valence-corrected chi connectivity index (χ4v) is 4.42. The Morgan fingerprint density at radius 2 is 1.47 bits per heavy atom. The molecule has 0 aromatic heterocycles. The van der Waals surface area contributed by atoms with Crippen LogP contribution >= 0.6 is 11.6 Å². The molecule has 0 spiro atoms. The van der Waals surface area contributed by atoms with Gasteiger partial charge in [0.1, 0.15) is 5.92 Å². The van der Waals surface area contributed by atoms with Crippen LogP contribution in [0.5, 0.6) is 0 Å². The smallest absolute Gasteiger partial charge is 0.266 e. The first-order valence-corrected chi connectivity index (χ1v) is 10.1. The van der Waals surface area contributed by atoms with Gasteiger partial charge in [0, 0.05) is 5.02 Å². The van der Waals surface area contributed by atoms with Crippen LogP contribution in [0.2, 0.25) is 5.02 Å². The lowest BCUT2D eigenvalue weighted by Crippen LogP contribution is -2.37. The van der Waals surface area contributed by atoms with Crippen LogP contribution in [-0.4, -0.2) is 17.9 Å². The number of anilines is 2. The van der Waals surface area contributed by atoms with E-state index in [9.17, 15) is 9.59 Å². The number of benzene rings is 3. The highest BCUT2D eigenvalue weighted by atomic mass is 35.5. The normalized spacial score (nSPS) is 23.2. The summed E-state index contributed by atoms with van der Waals surface area (Å²) in [5, 5.41) is 2.26. The maximum Gasteiger partial charge on any atom is 0.266 e. The molecule has 0 bridgehead atoms. The van der Waals surface area contributed by atoms with Gasteiger partial charge >= 0.3 is 0 Å². The number of amides is 2. The Labute approximate surface area is 179 Å². The molecule has 0 unspecified atom stereocenters. The summed E-state index contributed by atoms with van der Waals surface area (Å²) in [4.78, 5) is 34.1. The minimum absolute atomic E-state index is 0.265. The lowest BCUT2D eigenvalue weighted by Gasteiger charge is -2.29. The molecule has 5 rings (SSSR count). The summed E-state index contributed by atoms with van der Waals surface area (Å²) < 4.78 is 0. The first-order valence-electron chi connectivity index (χ1n) is 9.76. The predicted molar refractivity (Wildman–Crippen MR) is 115 cm³/mol. The van der Waals surface area contributed by atoms with E-state index in [0.717, 1.165) is 16.8 Å². The van der Waals surface area contributed by atoms with Crippen LogP contribution in [0.25, 0.3) is 0 Å². The van der Waals surface area contributed by atoms with Crippen molar-refractivity contribution in [2.24, 2.45) is 5.92 Å². The molecule has 3 aromatic rings. The zero-order valence-electron chi connectivity index (χ0n) is 16.2. The second-order valence-corrected chi connectivity index (χ2v) is 7.94. The van der Waals surface area contributed by atoms with Gasteiger partial charge in [0.25, 0.3) is 5.91 Å². The van der Waals surface area contributed by atoms with Gasteiger partial charge in [0.15, 0.2) is 6.10 Å². The maximum atomic E-state index is 13.5. The summed E-state index contributed by atoms with van der Waals surface area (Å²) in [7, 11) is 0. The first-order chi connectivity index (χ1) is 14.6. The molecule has 2 fully saturated rings. The number of para-hydroxylation sites is 1. The van der Waals surface area contributed by atoms with Crippen molar-refractivity contribution in [3.05, 3.63) is 95.0 Å². The molecule has 0 aliphatic carbocycles. The number of carbonyl (C=O) groups excluding carboxylic acids is 2.